The molecule has 1 unspecified atom stereocenters. The van der Waals surface area contributed by atoms with Gasteiger partial charge in [0.1, 0.15) is 11.6 Å². The molecule has 1 aromatic carbocycles. The molecule has 0 spiro atoms. The Morgan fingerprint density at radius 2 is 1.95 bits per heavy atom. The zero-order valence-electron chi connectivity index (χ0n) is 21.2. The van der Waals surface area contributed by atoms with Crippen molar-refractivity contribution in [3.63, 3.8) is 0 Å². The number of pyridine rings is 1. The van der Waals surface area contributed by atoms with Crippen LogP contribution in [0.3, 0.4) is 0 Å². The molecule has 1 amide bonds. The Labute approximate surface area is 227 Å². The molecular weight excluding hydrogens is 530 g/mol. The molecule has 9 nitrogen and oxygen atoms in total. The minimum atomic E-state index is -0.887. The molecule has 0 bridgehead atoms. The van der Waals surface area contributed by atoms with Crippen molar-refractivity contribution in [3.05, 3.63) is 92.8 Å². The Morgan fingerprint density at radius 1 is 1.21 bits per heavy atom. The zero-order valence-corrected chi connectivity index (χ0v) is 21.9. The summed E-state index contributed by atoms with van der Waals surface area (Å²) in [5, 5.41) is 15.5. The first-order valence-corrected chi connectivity index (χ1v) is 12.7. The first-order valence-electron chi connectivity index (χ1n) is 12.4. The van der Waals surface area contributed by atoms with E-state index in [1.807, 2.05) is 0 Å². The lowest BCUT2D eigenvalue weighted by molar-refractivity contribution is 0.0784. The van der Waals surface area contributed by atoms with E-state index in [9.17, 15) is 23.5 Å². The highest BCUT2D eigenvalue weighted by molar-refractivity contribution is 6.30. The standard InChI is InChI=1S/C27H25ClF2N6O3/c1-3-22(16-8-19(29)10-20(30)9-16)36-24(17-11-32-34(2)13-17)33-25(37)23(27(36)39)26(38)35-7-6-15(14-35)21-5-4-18(28)12-31-21/h4-5,8-13,15,22,37H,3,6-7,14H2,1-2H3/t15?,22-/m0/s1. The van der Waals surface area contributed by atoms with Gasteiger partial charge in [-0.2, -0.15) is 10.1 Å². The number of benzene rings is 1. The number of hydrogen-bond acceptors (Lipinski definition) is 6. The molecule has 0 radical (unpaired) electrons. The molecule has 4 heterocycles. The van der Waals surface area contributed by atoms with Crippen LogP contribution < -0.4 is 5.56 Å². The van der Waals surface area contributed by atoms with Gasteiger partial charge in [0.25, 0.3) is 11.5 Å². The highest BCUT2D eigenvalue weighted by atomic mass is 35.5. The average Bonchev–Trinajstić information content (AvgIpc) is 3.55. The van der Waals surface area contributed by atoms with Gasteiger partial charge in [-0.3, -0.25) is 23.8 Å². The summed E-state index contributed by atoms with van der Waals surface area (Å²) in [6, 6.07) is 5.64. The fraction of sp³-hybridized carbons (Fsp3) is 0.296. The Hall–Kier alpha value is -4.12. The van der Waals surface area contributed by atoms with Gasteiger partial charge in [-0.25, -0.2) is 8.78 Å². The predicted molar refractivity (Wildman–Crippen MR) is 140 cm³/mol. The topological polar surface area (TPSA) is 106 Å². The number of rotatable bonds is 6. The van der Waals surface area contributed by atoms with Crippen LogP contribution in [0.25, 0.3) is 11.4 Å². The van der Waals surface area contributed by atoms with Crippen molar-refractivity contribution < 1.29 is 18.7 Å². The molecule has 2 atom stereocenters. The quantitative estimate of drug-likeness (QED) is 0.381. The number of nitrogens with zero attached hydrogens (tertiary/aromatic N) is 6. The lowest BCUT2D eigenvalue weighted by atomic mass is 10.0. The maximum Gasteiger partial charge on any atom is 0.271 e. The molecule has 1 aliphatic heterocycles. The summed E-state index contributed by atoms with van der Waals surface area (Å²) < 4.78 is 31.0. The summed E-state index contributed by atoms with van der Waals surface area (Å²) >= 11 is 5.94. The molecule has 3 aromatic heterocycles. The van der Waals surface area contributed by atoms with Gasteiger partial charge in [0.15, 0.2) is 11.4 Å². The third kappa shape index (κ3) is 5.14. The second-order valence-corrected chi connectivity index (χ2v) is 9.91. The number of aromatic hydroxyl groups is 1. The first kappa shape index (κ1) is 26.5. The van der Waals surface area contributed by atoms with E-state index in [0.717, 1.165) is 23.9 Å². The fourth-order valence-corrected chi connectivity index (χ4v) is 5.16. The third-order valence-electron chi connectivity index (χ3n) is 6.89. The minimum Gasteiger partial charge on any atom is -0.493 e. The highest BCUT2D eigenvalue weighted by Crippen LogP contribution is 2.31. The minimum absolute atomic E-state index is 0.0170. The zero-order chi connectivity index (χ0) is 27.8. The van der Waals surface area contributed by atoms with E-state index in [1.165, 1.54) is 26.5 Å². The van der Waals surface area contributed by atoms with Crippen LogP contribution in [0.1, 0.15) is 53.3 Å². The molecule has 1 aliphatic rings. The van der Waals surface area contributed by atoms with Crippen molar-refractivity contribution in [2.45, 2.75) is 31.7 Å². The largest absolute Gasteiger partial charge is 0.493 e. The van der Waals surface area contributed by atoms with Gasteiger partial charge in [-0.05, 0) is 42.7 Å². The van der Waals surface area contributed by atoms with E-state index in [-0.39, 0.29) is 30.3 Å². The van der Waals surface area contributed by atoms with Crippen LogP contribution in [-0.2, 0) is 7.05 Å². The van der Waals surface area contributed by atoms with Crippen molar-refractivity contribution in [2.75, 3.05) is 13.1 Å². The molecule has 5 rings (SSSR count). The molecule has 202 valence electrons. The van der Waals surface area contributed by atoms with E-state index in [4.69, 9.17) is 11.6 Å². The third-order valence-corrected chi connectivity index (χ3v) is 7.11. The van der Waals surface area contributed by atoms with Crippen LogP contribution >= 0.6 is 11.6 Å². The van der Waals surface area contributed by atoms with Crippen molar-refractivity contribution in [1.82, 2.24) is 29.2 Å². The summed E-state index contributed by atoms with van der Waals surface area (Å²) in [6.45, 7) is 2.36. The lowest BCUT2D eigenvalue weighted by Crippen LogP contribution is -2.38. The van der Waals surface area contributed by atoms with E-state index in [1.54, 1.807) is 32.3 Å². The second kappa shape index (κ2) is 10.6. The Kier molecular flexibility index (Phi) is 7.17. The van der Waals surface area contributed by atoms with Crippen LogP contribution in [0.4, 0.5) is 8.78 Å². The monoisotopic (exact) mass is 554 g/mol. The van der Waals surface area contributed by atoms with Crippen molar-refractivity contribution >= 4 is 17.5 Å². The maximum absolute atomic E-state index is 14.2. The molecule has 1 N–H and O–H groups in total. The molecule has 1 saturated heterocycles. The van der Waals surface area contributed by atoms with Gasteiger partial charge < -0.3 is 10.0 Å². The van der Waals surface area contributed by atoms with Crippen LogP contribution in [0.2, 0.25) is 5.02 Å². The SMILES string of the molecule is CC[C@@H](c1cc(F)cc(F)c1)n1c(-c2cnn(C)c2)nc(O)c(C(=O)N2CCC(c3ccc(Cl)cn3)C2)c1=O. The van der Waals surface area contributed by atoms with Crippen LogP contribution in [-0.4, -0.2) is 53.3 Å². The number of halogens is 3. The molecule has 0 saturated carbocycles. The van der Waals surface area contributed by atoms with Crippen LogP contribution in [0, 0.1) is 11.6 Å². The Balaban J connectivity index is 1.60. The predicted octanol–water partition coefficient (Wildman–Crippen LogP) is 4.31. The van der Waals surface area contributed by atoms with Crippen LogP contribution in [0.5, 0.6) is 5.88 Å². The van der Waals surface area contributed by atoms with Crippen LogP contribution in [0.15, 0.2) is 53.7 Å². The van der Waals surface area contributed by atoms with Crippen molar-refractivity contribution in [1.29, 1.82) is 0 Å². The summed E-state index contributed by atoms with van der Waals surface area (Å²) in [5.41, 5.74) is -0.00312. The second-order valence-electron chi connectivity index (χ2n) is 9.48. The average molecular weight is 555 g/mol. The number of amides is 1. The molecule has 0 aliphatic carbocycles. The first-order chi connectivity index (χ1) is 18.7. The van der Waals surface area contributed by atoms with E-state index in [0.29, 0.717) is 23.6 Å². The molecule has 39 heavy (non-hydrogen) atoms. The summed E-state index contributed by atoms with van der Waals surface area (Å²) in [6.07, 6.45) is 5.42. The summed E-state index contributed by atoms with van der Waals surface area (Å²) in [4.78, 5) is 37.7. The van der Waals surface area contributed by atoms with Gasteiger partial charge in [-0.1, -0.05) is 18.5 Å². The smallest absolute Gasteiger partial charge is 0.271 e. The normalized spacial score (nSPS) is 16.0. The highest BCUT2D eigenvalue weighted by Gasteiger charge is 2.34. The summed E-state index contributed by atoms with van der Waals surface area (Å²) in [7, 11) is 1.67. The van der Waals surface area contributed by atoms with Gasteiger partial charge in [0.2, 0.25) is 5.88 Å². The molecule has 1 fully saturated rings. The number of hydrogen-bond donors (Lipinski definition) is 1. The number of likely N-dealkylation sites (tertiary alicyclic amines) is 1. The summed E-state index contributed by atoms with van der Waals surface area (Å²) in [5.74, 6) is -3.08. The van der Waals surface area contributed by atoms with Gasteiger partial charge >= 0.3 is 0 Å². The van der Waals surface area contributed by atoms with E-state index in [2.05, 4.69) is 15.1 Å². The fourth-order valence-electron chi connectivity index (χ4n) is 5.05. The molecule has 4 aromatic rings. The number of carbonyl (C=O) groups excluding carboxylic acids is 1. The number of aryl methyl sites for hydroxylation is 1. The van der Waals surface area contributed by atoms with E-state index >= 15 is 0 Å². The molecule has 12 heteroatoms. The lowest BCUT2D eigenvalue weighted by Gasteiger charge is -2.24. The van der Waals surface area contributed by atoms with Crippen molar-refractivity contribution in [2.24, 2.45) is 7.05 Å². The maximum atomic E-state index is 14.2. The Bertz CT molecular complexity index is 1580. The van der Waals surface area contributed by atoms with Gasteiger partial charge in [-0.15, -0.1) is 0 Å². The van der Waals surface area contributed by atoms with E-state index < -0.39 is 40.6 Å². The Morgan fingerprint density at radius 3 is 2.56 bits per heavy atom. The van der Waals surface area contributed by atoms with Crippen molar-refractivity contribution in [3.8, 4) is 17.3 Å². The van der Waals surface area contributed by atoms with Gasteiger partial charge in [0.05, 0.1) is 22.8 Å². The number of aromatic nitrogens is 5. The molecular formula is C27H25ClF2N6O3. The van der Waals surface area contributed by atoms with Gasteiger partial charge in [0, 0.05) is 50.2 Å². The number of carbonyl (C=O) groups is 1.